The molecule has 3 heteroatoms. The Morgan fingerprint density at radius 3 is 2.50 bits per heavy atom. The first-order valence-corrected chi connectivity index (χ1v) is 6.96. The van der Waals surface area contributed by atoms with Crippen LogP contribution in [0, 0.1) is 11.8 Å². The zero-order valence-corrected chi connectivity index (χ0v) is 12.5. The van der Waals surface area contributed by atoms with Crippen molar-refractivity contribution in [3.63, 3.8) is 0 Å². The molecule has 0 amide bonds. The van der Waals surface area contributed by atoms with Gasteiger partial charge in [0.2, 0.25) is 0 Å². The standard InChI is InChI=1S/C17H24O3/c1-4-12-16(19)13-10-8-6-7-9-11-14-17(5-2)20-15(3)18/h6,8,10-11,13-14,16-17,19H,4-5,12H2,1-3H3. The Hall–Kier alpha value is -1.79. The van der Waals surface area contributed by atoms with E-state index in [0.717, 1.165) is 19.3 Å². The first kappa shape index (κ1) is 18.2. The molecule has 0 saturated heterocycles. The summed E-state index contributed by atoms with van der Waals surface area (Å²) < 4.78 is 5.04. The fraction of sp³-hybridized carbons (Fsp3) is 0.471. The normalized spacial score (nSPS) is 14.4. The van der Waals surface area contributed by atoms with Gasteiger partial charge in [-0.1, -0.05) is 50.3 Å². The first-order valence-electron chi connectivity index (χ1n) is 6.96. The molecule has 2 atom stereocenters. The molecule has 0 radical (unpaired) electrons. The third kappa shape index (κ3) is 11.3. The summed E-state index contributed by atoms with van der Waals surface area (Å²) in [4.78, 5) is 10.8. The van der Waals surface area contributed by atoms with Gasteiger partial charge in [-0.05, 0) is 31.1 Å². The van der Waals surface area contributed by atoms with Crippen LogP contribution in [-0.2, 0) is 9.53 Å². The van der Waals surface area contributed by atoms with E-state index in [0.29, 0.717) is 0 Å². The summed E-state index contributed by atoms with van der Waals surface area (Å²) >= 11 is 0. The second-order valence-electron chi connectivity index (χ2n) is 4.30. The summed E-state index contributed by atoms with van der Waals surface area (Å²) in [7, 11) is 0. The van der Waals surface area contributed by atoms with Crippen LogP contribution < -0.4 is 0 Å². The van der Waals surface area contributed by atoms with Crippen LogP contribution in [0.15, 0.2) is 36.5 Å². The molecule has 0 spiro atoms. The lowest BCUT2D eigenvalue weighted by molar-refractivity contribution is -0.144. The molecular formula is C17H24O3. The molecule has 20 heavy (non-hydrogen) atoms. The molecule has 1 N–H and O–H groups in total. The van der Waals surface area contributed by atoms with Crippen molar-refractivity contribution >= 4 is 5.97 Å². The van der Waals surface area contributed by atoms with E-state index in [1.807, 2.05) is 13.8 Å². The average molecular weight is 276 g/mol. The van der Waals surface area contributed by atoms with Gasteiger partial charge in [0.05, 0.1) is 6.10 Å². The molecule has 0 aliphatic heterocycles. The fourth-order valence-corrected chi connectivity index (χ4v) is 1.41. The van der Waals surface area contributed by atoms with Gasteiger partial charge < -0.3 is 9.84 Å². The Labute approximate surface area is 122 Å². The average Bonchev–Trinajstić information content (AvgIpc) is 2.40. The van der Waals surface area contributed by atoms with E-state index in [2.05, 4.69) is 11.8 Å². The number of aliphatic hydroxyl groups is 1. The van der Waals surface area contributed by atoms with Gasteiger partial charge in [0.15, 0.2) is 0 Å². The maximum absolute atomic E-state index is 10.8. The van der Waals surface area contributed by atoms with Crippen molar-refractivity contribution in [2.75, 3.05) is 0 Å². The minimum Gasteiger partial charge on any atom is -0.458 e. The monoisotopic (exact) mass is 276 g/mol. The van der Waals surface area contributed by atoms with Gasteiger partial charge in [0.25, 0.3) is 0 Å². The summed E-state index contributed by atoms with van der Waals surface area (Å²) in [6, 6.07) is 0. The Bertz CT molecular complexity index is 408. The topological polar surface area (TPSA) is 46.5 Å². The quantitative estimate of drug-likeness (QED) is 0.441. The summed E-state index contributed by atoms with van der Waals surface area (Å²) in [5.41, 5.74) is 0. The third-order valence-electron chi connectivity index (χ3n) is 2.41. The first-order chi connectivity index (χ1) is 9.60. The Kier molecular flexibility index (Phi) is 11.2. The molecule has 0 aromatic carbocycles. The minimum atomic E-state index is -0.383. The van der Waals surface area contributed by atoms with Crippen molar-refractivity contribution in [1.29, 1.82) is 0 Å². The van der Waals surface area contributed by atoms with Gasteiger partial charge in [-0.25, -0.2) is 0 Å². The Balaban J connectivity index is 4.11. The molecule has 0 bridgehead atoms. The van der Waals surface area contributed by atoms with Crippen molar-refractivity contribution in [2.24, 2.45) is 0 Å². The van der Waals surface area contributed by atoms with Crippen LogP contribution in [0.5, 0.6) is 0 Å². The molecule has 0 heterocycles. The van der Waals surface area contributed by atoms with Crippen molar-refractivity contribution in [1.82, 2.24) is 0 Å². The number of hydrogen-bond acceptors (Lipinski definition) is 3. The van der Waals surface area contributed by atoms with Crippen molar-refractivity contribution in [3.8, 4) is 11.8 Å². The second-order valence-corrected chi connectivity index (χ2v) is 4.30. The lowest BCUT2D eigenvalue weighted by Gasteiger charge is -2.08. The van der Waals surface area contributed by atoms with Gasteiger partial charge in [-0.3, -0.25) is 4.79 Å². The molecule has 0 aromatic heterocycles. The summed E-state index contributed by atoms with van der Waals surface area (Å²) in [6.07, 6.45) is 12.3. The molecular weight excluding hydrogens is 252 g/mol. The molecule has 0 aromatic rings. The predicted octanol–water partition coefficient (Wildman–Crippen LogP) is 3.16. The molecule has 0 fully saturated rings. The van der Waals surface area contributed by atoms with E-state index in [9.17, 15) is 9.90 Å². The number of hydrogen-bond donors (Lipinski definition) is 1. The number of carbonyl (C=O) groups excluding carboxylic acids is 1. The molecule has 2 unspecified atom stereocenters. The highest BCUT2D eigenvalue weighted by molar-refractivity contribution is 5.66. The largest absolute Gasteiger partial charge is 0.458 e. The van der Waals surface area contributed by atoms with Crippen LogP contribution >= 0.6 is 0 Å². The smallest absolute Gasteiger partial charge is 0.303 e. The SMILES string of the molecule is CCCC(O)C=CC=CC#CC=CC(CC)OC(C)=O. The van der Waals surface area contributed by atoms with E-state index >= 15 is 0 Å². The highest BCUT2D eigenvalue weighted by Gasteiger charge is 2.03. The van der Waals surface area contributed by atoms with Crippen LogP contribution in [0.4, 0.5) is 0 Å². The van der Waals surface area contributed by atoms with Crippen LogP contribution in [-0.4, -0.2) is 23.3 Å². The van der Waals surface area contributed by atoms with Crippen molar-refractivity contribution < 1.29 is 14.6 Å². The lowest BCUT2D eigenvalue weighted by atomic mass is 10.2. The van der Waals surface area contributed by atoms with Crippen molar-refractivity contribution in [3.05, 3.63) is 36.5 Å². The van der Waals surface area contributed by atoms with Crippen molar-refractivity contribution in [2.45, 2.75) is 52.2 Å². The molecule has 0 saturated carbocycles. The lowest BCUT2D eigenvalue weighted by Crippen LogP contribution is -2.11. The summed E-state index contributed by atoms with van der Waals surface area (Å²) in [5, 5.41) is 9.44. The summed E-state index contributed by atoms with van der Waals surface area (Å²) in [5.74, 6) is 5.38. The van der Waals surface area contributed by atoms with Crippen LogP contribution in [0.25, 0.3) is 0 Å². The van der Waals surface area contributed by atoms with E-state index in [-0.39, 0.29) is 18.2 Å². The van der Waals surface area contributed by atoms with E-state index < -0.39 is 0 Å². The Morgan fingerprint density at radius 1 is 1.20 bits per heavy atom. The molecule has 110 valence electrons. The molecule has 3 nitrogen and oxygen atoms in total. The highest BCUT2D eigenvalue weighted by atomic mass is 16.5. The minimum absolute atomic E-state index is 0.213. The van der Waals surface area contributed by atoms with E-state index in [1.54, 1.807) is 36.5 Å². The van der Waals surface area contributed by atoms with Gasteiger partial charge in [0.1, 0.15) is 6.10 Å². The number of allylic oxidation sites excluding steroid dienone is 4. The van der Waals surface area contributed by atoms with Crippen LogP contribution in [0.3, 0.4) is 0 Å². The molecule has 0 aliphatic carbocycles. The number of aliphatic hydroxyl groups excluding tert-OH is 1. The molecule has 0 rings (SSSR count). The number of carbonyl (C=O) groups is 1. The number of rotatable bonds is 7. The zero-order valence-electron chi connectivity index (χ0n) is 12.5. The van der Waals surface area contributed by atoms with Gasteiger partial charge in [-0.15, -0.1) is 0 Å². The van der Waals surface area contributed by atoms with E-state index in [1.165, 1.54) is 6.92 Å². The van der Waals surface area contributed by atoms with Gasteiger partial charge >= 0.3 is 5.97 Å². The second kappa shape index (κ2) is 12.3. The van der Waals surface area contributed by atoms with Crippen LogP contribution in [0.1, 0.15) is 40.0 Å². The Morgan fingerprint density at radius 2 is 1.90 bits per heavy atom. The number of ether oxygens (including phenoxy) is 1. The molecule has 0 aliphatic rings. The maximum Gasteiger partial charge on any atom is 0.303 e. The highest BCUT2D eigenvalue weighted by Crippen LogP contribution is 2.00. The zero-order chi connectivity index (χ0) is 15.2. The third-order valence-corrected chi connectivity index (χ3v) is 2.41. The van der Waals surface area contributed by atoms with E-state index in [4.69, 9.17) is 4.74 Å². The summed E-state index contributed by atoms with van der Waals surface area (Å²) in [6.45, 7) is 5.37. The van der Waals surface area contributed by atoms with Gasteiger partial charge in [0, 0.05) is 6.92 Å². The van der Waals surface area contributed by atoms with Gasteiger partial charge in [-0.2, -0.15) is 0 Å². The predicted molar refractivity (Wildman–Crippen MR) is 82.0 cm³/mol. The van der Waals surface area contributed by atoms with Crippen LogP contribution in [0.2, 0.25) is 0 Å². The fourth-order valence-electron chi connectivity index (χ4n) is 1.41. The number of esters is 1. The maximum atomic E-state index is 10.8.